The van der Waals surface area contributed by atoms with E-state index in [4.69, 9.17) is 4.74 Å². The molecular formula is C31H36N2O3. The minimum absolute atomic E-state index is 0.299. The van der Waals surface area contributed by atoms with Crippen molar-refractivity contribution in [3.8, 4) is 5.75 Å². The summed E-state index contributed by atoms with van der Waals surface area (Å²) in [5.41, 5.74) is 2.42. The summed E-state index contributed by atoms with van der Waals surface area (Å²) in [7, 11) is 0. The van der Waals surface area contributed by atoms with Crippen LogP contribution in [0.15, 0.2) is 72.3 Å². The lowest BCUT2D eigenvalue weighted by Gasteiger charge is -2.31. The number of hydrogen-bond acceptors (Lipinski definition) is 4. The summed E-state index contributed by atoms with van der Waals surface area (Å²) >= 11 is 0. The van der Waals surface area contributed by atoms with Gasteiger partial charge in [0.05, 0.1) is 5.56 Å². The van der Waals surface area contributed by atoms with Crippen molar-refractivity contribution in [1.82, 2.24) is 10.2 Å². The Bertz CT molecular complexity index is 1190. The number of carboxylic acid groups (broad SMARTS) is 1. The van der Waals surface area contributed by atoms with Gasteiger partial charge in [-0.15, -0.1) is 0 Å². The summed E-state index contributed by atoms with van der Waals surface area (Å²) in [5, 5.41) is 15.3. The summed E-state index contributed by atoms with van der Waals surface area (Å²) in [6.45, 7) is 3.52. The third kappa shape index (κ3) is 6.15. The fraction of sp³-hybridized carbons (Fsp3) is 0.387. The van der Waals surface area contributed by atoms with Gasteiger partial charge in [-0.25, -0.2) is 4.79 Å². The molecule has 0 aromatic heterocycles. The number of ether oxygens (including phenoxy) is 1. The number of rotatable bonds is 9. The maximum absolute atomic E-state index is 11.2. The van der Waals surface area contributed by atoms with E-state index in [-0.39, 0.29) is 0 Å². The average Bonchev–Trinajstić information content (AvgIpc) is 3.40. The van der Waals surface area contributed by atoms with E-state index in [2.05, 4.69) is 34.5 Å². The number of nitrogens with zero attached hydrogens (tertiary/aromatic N) is 1. The molecule has 188 valence electrons. The van der Waals surface area contributed by atoms with Gasteiger partial charge < -0.3 is 15.2 Å². The Labute approximate surface area is 213 Å². The van der Waals surface area contributed by atoms with Gasteiger partial charge in [0.15, 0.2) is 0 Å². The molecule has 5 heteroatoms. The molecule has 1 atom stereocenters. The Morgan fingerprint density at radius 2 is 1.75 bits per heavy atom. The van der Waals surface area contributed by atoms with Gasteiger partial charge in [0.1, 0.15) is 12.4 Å². The monoisotopic (exact) mass is 484 g/mol. The highest BCUT2D eigenvalue weighted by atomic mass is 16.5. The fourth-order valence-electron chi connectivity index (χ4n) is 5.60. The van der Waals surface area contributed by atoms with E-state index in [0.29, 0.717) is 18.2 Å². The van der Waals surface area contributed by atoms with Crippen molar-refractivity contribution in [1.29, 1.82) is 0 Å². The number of nitrogens with one attached hydrogen (secondary N) is 1. The first-order valence-electron chi connectivity index (χ1n) is 13.3. The van der Waals surface area contributed by atoms with E-state index in [1.165, 1.54) is 45.1 Å². The largest absolute Gasteiger partial charge is 0.489 e. The van der Waals surface area contributed by atoms with Gasteiger partial charge in [-0.3, -0.25) is 4.90 Å². The highest BCUT2D eigenvalue weighted by Crippen LogP contribution is 2.27. The van der Waals surface area contributed by atoms with Crippen LogP contribution in [0.4, 0.5) is 0 Å². The Kier molecular flexibility index (Phi) is 7.99. The molecule has 2 fully saturated rings. The first-order chi connectivity index (χ1) is 17.7. The zero-order valence-electron chi connectivity index (χ0n) is 20.9. The average molecular weight is 485 g/mol. The van der Waals surface area contributed by atoms with Crippen molar-refractivity contribution >= 4 is 22.8 Å². The molecule has 1 saturated heterocycles. The molecule has 0 amide bonds. The van der Waals surface area contributed by atoms with E-state index in [9.17, 15) is 9.90 Å². The third-order valence-electron chi connectivity index (χ3n) is 7.62. The minimum Gasteiger partial charge on any atom is -0.489 e. The third-order valence-corrected chi connectivity index (χ3v) is 7.62. The first kappa shape index (κ1) is 24.5. The second kappa shape index (κ2) is 11.7. The Morgan fingerprint density at radius 1 is 0.972 bits per heavy atom. The molecule has 2 N–H and O–H groups in total. The molecule has 5 rings (SSSR count). The van der Waals surface area contributed by atoms with Crippen molar-refractivity contribution in [2.75, 3.05) is 26.2 Å². The lowest BCUT2D eigenvalue weighted by molar-refractivity contribution is 0.0697. The zero-order chi connectivity index (χ0) is 24.7. The van der Waals surface area contributed by atoms with Crippen LogP contribution in [0.1, 0.15) is 54.4 Å². The molecule has 3 aromatic carbocycles. The van der Waals surface area contributed by atoms with Gasteiger partial charge in [-0.1, -0.05) is 73.9 Å². The van der Waals surface area contributed by atoms with Crippen LogP contribution in [-0.4, -0.2) is 54.3 Å². The first-order valence-corrected chi connectivity index (χ1v) is 13.3. The summed E-state index contributed by atoms with van der Waals surface area (Å²) in [6.07, 6.45) is 10.1. The number of benzene rings is 3. The Morgan fingerprint density at radius 3 is 2.56 bits per heavy atom. The van der Waals surface area contributed by atoms with E-state index < -0.39 is 5.97 Å². The van der Waals surface area contributed by atoms with Gasteiger partial charge in [0.2, 0.25) is 0 Å². The lowest BCUT2D eigenvalue weighted by Crippen LogP contribution is -2.39. The van der Waals surface area contributed by atoms with Crippen molar-refractivity contribution in [3.63, 3.8) is 0 Å². The number of fused-ring (bicyclic) bond motifs is 1. The molecular weight excluding hydrogens is 448 g/mol. The predicted molar refractivity (Wildman–Crippen MR) is 146 cm³/mol. The molecule has 1 heterocycles. The van der Waals surface area contributed by atoms with Crippen LogP contribution in [0, 0.1) is 0 Å². The normalized spacial score (nSPS) is 19.6. The fourth-order valence-corrected chi connectivity index (χ4v) is 5.60. The molecule has 1 saturated carbocycles. The molecule has 5 nitrogen and oxygen atoms in total. The van der Waals surface area contributed by atoms with Crippen molar-refractivity contribution < 1.29 is 14.6 Å². The van der Waals surface area contributed by atoms with Gasteiger partial charge in [0.25, 0.3) is 0 Å². The van der Waals surface area contributed by atoms with Crippen molar-refractivity contribution in [2.24, 2.45) is 0 Å². The van der Waals surface area contributed by atoms with Crippen molar-refractivity contribution in [2.45, 2.75) is 50.6 Å². The van der Waals surface area contributed by atoms with Gasteiger partial charge in [-0.2, -0.15) is 0 Å². The van der Waals surface area contributed by atoms with E-state index >= 15 is 0 Å². The summed E-state index contributed by atoms with van der Waals surface area (Å²) < 4.78 is 6.33. The van der Waals surface area contributed by atoms with Crippen LogP contribution < -0.4 is 10.1 Å². The summed E-state index contributed by atoms with van der Waals surface area (Å²) in [6, 6.07) is 22.7. The maximum Gasteiger partial charge on any atom is 0.335 e. The second-order valence-electron chi connectivity index (χ2n) is 10.1. The molecule has 3 aromatic rings. The van der Waals surface area contributed by atoms with E-state index in [1.807, 2.05) is 36.4 Å². The van der Waals surface area contributed by atoms with Crippen LogP contribution in [0.3, 0.4) is 0 Å². The molecule has 0 radical (unpaired) electrons. The predicted octanol–water partition coefficient (Wildman–Crippen LogP) is 6.00. The van der Waals surface area contributed by atoms with Gasteiger partial charge in [-0.05, 0) is 54.0 Å². The highest BCUT2D eigenvalue weighted by molar-refractivity contribution is 5.88. The number of hydrogen-bond donors (Lipinski definition) is 2. The zero-order valence-corrected chi connectivity index (χ0v) is 20.9. The van der Waals surface area contributed by atoms with Gasteiger partial charge in [0, 0.05) is 37.1 Å². The maximum atomic E-state index is 11.2. The number of carboxylic acids is 1. The molecule has 0 spiro atoms. The summed E-state index contributed by atoms with van der Waals surface area (Å²) in [4.78, 5) is 13.9. The Hall–Kier alpha value is -3.15. The number of likely N-dealkylation sites (tertiary alicyclic amines) is 1. The smallest absolute Gasteiger partial charge is 0.335 e. The topological polar surface area (TPSA) is 61.8 Å². The highest BCUT2D eigenvalue weighted by Gasteiger charge is 2.28. The molecule has 1 unspecified atom stereocenters. The van der Waals surface area contributed by atoms with Crippen LogP contribution in [0.5, 0.6) is 5.75 Å². The minimum atomic E-state index is -0.907. The molecule has 0 bridgehead atoms. The molecule has 1 aliphatic heterocycles. The standard InChI is InChI=1S/C31H36N2O3/c34-31(35)26-15-13-23(14-16-26)19-24(22-36-30-12-6-8-25-7-4-5-11-29(25)30)20-32-27-17-18-33(21-27)28-9-2-1-3-10-28/h4-8,11-16,19,27-28,32H,1-3,9-10,17-18,20-22H2,(H,34,35)/b24-19+. The number of aromatic carboxylic acids is 1. The summed E-state index contributed by atoms with van der Waals surface area (Å²) in [5.74, 6) is -0.0278. The molecule has 2 aliphatic rings. The quantitative estimate of drug-likeness (QED) is 0.390. The van der Waals surface area contributed by atoms with Crippen LogP contribution >= 0.6 is 0 Å². The molecule has 36 heavy (non-hydrogen) atoms. The van der Waals surface area contributed by atoms with Gasteiger partial charge >= 0.3 is 5.97 Å². The van der Waals surface area contributed by atoms with Crippen LogP contribution in [0.25, 0.3) is 16.8 Å². The van der Waals surface area contributed by atoms with E-state index in [1.54, 1.807) is 12.1 Å². The second-order valence-corrected chi connectivity index (χ2v) is 10.1. The van der Waals surface area contributed by atoms with E-state index in [0.717, 1.165) is 46.8 Å². The van der Waals surface area contributed by atoms with Crippen LogP contribution in [0.2, 0.25) is 0 Å². The lowest BCUT2D eigenvalue weighted by atomic mass is 9.94. The van der Waals surface area contributed by atoms with Crippen LogP contribution in [-0.2, 0) is 0 Å². The number of carbonyl (C=O) groups is 1. The van der Waals surface area contributed by atoms with Crippen molar-refractivity contribution in [3.05, 3.63) is 83.4 Å². The molecule has 1 aliphatic carbocycles. The Balaban J connectivity index is 1.27. The SMILES string of the molecule is O=C(O)c1ccc(/C=C(\CNC2CCN(C3CCCCC3)C2)COc2cccc3ccccc23)cc1.